The Bertz CT molecular complexity index is 1010. The summed E-state index contributed by atoms with van der Waals surface area (Å²) in [5.41, 5.74) is 3.88. The number of carbonyl (C=O) groups excluding carboxylic acids is 1. The van der Waals surface area contributed by atoms with E-state index in [1.54, 1.807) is 23.1 Å². The summed E-state index contributed by atoms with van der Waals surface area (Å²) >= 11 is 3.31. The van der Waals surface area contributed by atoms with E-state index in [-0.39, 0.29) is 5.91 Å². The van der Waals surface area contributed by atoms with Gasteiger partial charge < -0.3 is 5.32 Å². The van der Waals surface area contributed by atoms with Crippen molar-refractivity contribution in [1.82, 2.24) is 9.88 Å². The Balaban J connectivity index is 1.35. The molecule has 1 saturated heterocycles. The molecule has 4 rings (SSSR count). The highest BCUT2D eigenvalue weighted by Gasteiger charge is 2.16. The molecule has 1 fully saturated rings. The molecule has 2 aromatic carbocycles. The molecular formula is C25H29N3OS2. The summed E-state index contributed by atoms with van der Waals surface area (Å²) in [6.07, 6.45) is 2.57. The minimum absolute atomic E-state index is 0.0738. The molecule has 6 heteroatoms. The number of piperidine rings is 1. The van der Waals surface area contributed by atoms with E-state index in [4.69, 9.17) is 0 Å². The first-order chi connectivity index (χ1) is 15.1. The van der Waals surface area contributed by atoms with Crippen molar-refractivity contribution in [3.05, 3.63) is 75.7 Å². The second-order valence-corrected chi connectivity index (χ2v) is 10.3. The highest BCUT2D eigenvalue weighted by atomic mass is 32.2. The molecule has 2 heterocycles. The van der Waals surface area contributed by atoms with Crippen LogP contribution in [-0.4, -0.2) is 28.9 Å². The molecule has 0 aliphatic carbocycles. The summed E-state index contributed by atoms with van der Waals surface area (Å²) in [6, 6.07) is 16.0. The van der Waals surface area contributed by atoms with Gasteiger partial charge in [-0.05, 0) is 68.6 Å². The predicted octanol–water partition coefficient (Wildman–Crippen LogP) is 6.23. The highest BCUT2D eigenvalue weighted by Crippen LogP contribution is 2.27. The monoisotopic (exact) mass is 451 g/mol. The van der Waals surface area contributed by atoms with Gasteiger partial charge in [0.15, 0.2) is 0 Å². The smallest absolute Gasteiger partial charge is 0.256 e. The fraction of sp³-hybridized carbons (Fsp3) is 0.360. The third kappa shape index (κ3) is 6.19. The number of carbonyl (C=O) groups is 1. The van der Waals surface area contributed by atoms with Gasteiger partial charge >= 0.3 is 0 Å². The Morgan fingerprint density at radius 1 is 1.16 bits per heavy atom. The Kier molecular flexibility index (Phi) is 7.43. The molecule has 0 bridgehead atoms. The number of aromatic nitrogens is 1. The van der Waals surface area contributed by atoms with Crippen LogP contribution < -0.4 is 5.32 Å². The standard InChI is InChI=1S/C25H29N3OS2/c1-18-11-13-28(14-12-18)15-20-7-9-21(10-8-20)27-25(29)23-5-3-4-6-24(23)31-17-22-16-30-19(2)26-22/h3-10,16,18H,11-15,17H2,1-2H3,(H,27,29). The lowest BCUT2D eigenvalue weighted by Gasteiger charge is -2.30. The van der Waals surface area contributed by atoms with Crippen molar-refractivity contribution in [2.75, 3.05) is 18.4 Å². The minimum Gasteiger partial charge on any atom is -0.322 e. The van der Waals surface area contributed by atoms with Gasteiger partial charge in [0.1, 0.15) is 0 Å². The summed E-state index contributed by atoms with van der Waals surface area (Å²) in [5.74, 6) is 1.54. The SMILES string of the molecule is Cc1nc(CSc2ccccc2C(=O)Nc2ccc(CN3CCC(C)CC3)cc2)cs1. The van der Waals surface area contributed by atoms with E-state index < -0.39 is 0 Å². The quantitative estimate of drug-likeness (QED) is 0.433. The number of likely N-dealkylation sites (tertiary alicyclic amines) is 1. The number of aryl methyl sites for hydroxylation is 1. The van der Waals surface area contributed by atoms with Crippen LogP contribution in [0.4, 0.5) is 5.69 Å². The van der Waals surface area contributed by atoms with E-state index in [2.05, 4.69) is 39.6 Å². The average Bonchev–Trinajstić information content (AvgIpc) is 3.20. The highest BCUT2D eigenvalue weighted by molar-refractivity contribution is 7.98. The fourth-order valence-corrected chi connectivity index (χ4v) is 5.44. The summed E-state index contributed by atoms with van der Waals surface area (Å²) in [5, 5.41) is 6.21. The lowest BCUT2D eigenvalue weighted by Crippen LogP contribution is -2.32. The van der Waals surface area contributed by atoms with Gasteiger partial charge in [-0.2, -0.15) is 0 Å². The first kappa shape index (κ1) is 22.1. The molecule has 1 aromatic heterocycles. The van der Waals surface area contributed by atoms with Gasteiger partial charge in [0.25, 0.3) is 5.91 Å². The molecule has 1 aliphatic heterocycles. The molecule has 0 saturated carbocycles. The van der Waals surface area contributed by atoms with Gasteiger partial charge in [0, 0.05) is 28.3 Å². The number of benzene rings is 2. The number of hydrogen-bond acceptors (Lipinski definition) is 5. The first-order valence-corrected chi connectivity index (χ1v) is 12.7. The van der Waals surface area contributed by atoms with Crippen LogP contribution in [0.3, 0.4) is 0 Å². The van der Waals surface area contributed by atoms with Gasteiger partial charge in [0.2, 0.25) is 0 Å². The number of nitrogens with zero attached hydrogens (tertiary/aromatic N) is 2. The normalized spacial score (nSPS) is 15.2. The largest absolute Gasteiger partial charge is 0.322 e. The van der Waals surface area contributed by atoms with Crippen molar-refractivity contribution < 1.29 is 4.79 Å². The zero-order valence-corrected chi connectivity index (χ0v) is 19.8. The Morgan fingerprint density at radius 2 is 1.90 bits per heavy atom. The summed E-state index contributed by atoms with van der Waals surface area (Å²) < 4.78 is 0. The third-order valence-electron chi connectivity index (χ3n) is 5.67. The Morgan fingerprint density at radius 3 is 2.61 bits per heavy atom. The van der Waals surface area contributed by atoms with Crippen molar-refractivity contribution in [1.29, 1.82) is 0 Å². The topological polar surface area (TPSA) is 45.2 Å². The minimum atomic E-state index is -0.0738. The zero-order chi connectivity index (χ0) is 21.6. The molecule has 1 amide bonds. The molecule has 0 spiro atoms. The molecule has 3 aromatic rings. The van der Waals surface area contributed by atoms with E-state index in [9.17, 15) is 4.79 Å². The zero-order valence-electron chi connectivity index (χ0n) is 18.1. The van der Waals surface area contributed by atoms with E-state index in [1.165, 1.54) is 31.5 Å². The third-order valence-corrected chi connectivity index (χ3v) is 7.60. The molecule has 162 valence electrons. The number of thiazole rings is 1. The Hall–Kier alpha value is -2.15. The van der Waals surface area contributed by atoms with Gasteiger partial charge in [-0.25, -0.2) is 4.98 Å². The predicted molar refractivity (Wildman–Crippen MR) is 131 cm³/mol. The number of rotatable bonds is 7. The van der Waals surface area contributed by atoms with Crippen LogP contribution in [0.2, 0.25) is 0 Å². The second kappa shape index (κ2) is 10.4. The lowest BCUT2D eigenvalue weighted by molar-refractivity contribution is 0.102. The number of nitrogens with one attached hydrogen (secondary N) is 1. The van der Waals surface area contributed by atoms with Crippen LogP contribution in [0, 0.1) is 12.8 Å². The second-order valence-electron chi connectivity index (χ2n) is 8.25. The van der Waals surface area contributed by atoms with Crippen molar-refractivity contribution in [2.45, 2.75) is 43.9 Å². The maximum absolute atomic E-state index is 12.9. The van der Waals surface area contributed by atoms with Crippen LogP contribution >= 0.6 is 23.1 Å². The number of anilines is 1. The molecule has 0 radical (unpaired) electrons. The number of hydrogen-bond donors (Lipinski definition) is 1. The molecule has 1 N–H and O–H groups in total. The fourth-order valence-electron chi connectivity index (χ4n) is 3.78. The number of amides is 1. The van der Waals surface area contributed by atoms with Crippen molar-refractivity contribution in [3.63, 3.8) is 0 Å². The van der Waals surface area contributed by atoms with Crippen LogP contribution in [0.1, 0.15) is 46.4 Å². The van der Waals surface area contributed by atoms with Crippen molar-refractivity contribution >= 4 is 34.7 Å². The van der Waals surface area contributed by atoms with Crippen molar-refractivity contribution in [3.8, 4) is 0 Å². The molecule has 0 unspecified atom stereocenters. The van der Waals surface area contributed by atoms with E-state index in [1.807, 2.05) is 43.3 Å². The maximum atomic E-state index is 12.9. The average molecular weight is 452 g/mol. The summed E-state index contributed by atoms with van der Waals surface area (Å²) in [7, 11) is 0. The van der Waals surface area contributed by atoms with E-state index in [0.29, 0.717) is 5.56 Å². The maximum Gasteiger partial charge on any atom is 0.256 e. The van der Waals surface area contributed by atoms with Gasteiger partial charge in [0.05, 0.1) is 16.3 Å². The van der Waals surface area contributed by atoms with E-state index in [0.717, 1.165) is 39.5 Å². The first-order valence-electron chi connectivity index (χ1n) is 10.8. The van der Waals surface area contributed by atoms with Crippen LogP contribution in [-0.2, 0) is 12.3 Å². The summed E-state index contributed by atoms with van der Waals surface area (Å²) in [6.45, 7) is 7.68. The molecule has 1 aliphatic rings. The molecule has 31 heavy (non-hydrogen) atoms. The number of thioether (sulfide) groups is 1. The Labute approximate surface area is 193 Å². The molecule has 4 nitrogen and oxygen atoms in total. The lowest BCUT2D eigenvalue weighted by atomic mass is 9.99. The molecular weight excluding hydrogens is 422 g/mol. The van der Waals surface area contributed by atoms with Crippen molar-refractivity contribution in [2.24, 2.45) is 5.92 Å². The van der Waals surface area contributed by atoms with Crippen LogP contribution in [0.25, 0.3) is 0 Å². The van der Waals surface area contributed by atoms with E-state index >= 15 is 0 Å². The van der Waals surface area contributed by atoms with Gasteiger partial charge in [-0.15, -0.1) is 23.1 Å². The summed E-state index contributed by atoms with van der Waals surface area (Å²) in [4.78, 5) is 20.9. The van der Waals surface area contributed by atoms with Gasteiger partial charge in [-0.1, -0.05) is 31.2 Å². The van der Waals surface area contributed by atoms with Crippen LogP contribution in [0.5, 0.6) is 0 Å². The van der Waals surface area contributed by atoms with Crippen LogP contribution in [0.15, 0.2) is 58.8 Å². The molecule has 0 atom stereocenters. The van der Waals surface area contributed by atoms with Gasteiger partial charge in [-0.3, -0.25) is 9.69 Å².